The van der Waals surface area contributed by atoms with Crippen LogP contribution >= 0.6 is 23.1 Å². The fourth-order valence-electron chi connectivity index (χ4n) is 2.36. The van der Waals surface area contributed by atoms with Gasteiger partial charge in [0, 0.05) is 16.8 Å². The minimum atomic E-state index is -0.992. The van der Waals surface area contributed by atoms with Crippen molar-refractivity contribution in [1.82, 2.24) is 9.47 Å². The molecule has 1 aliphatic rings. The van der Waals surface area contributed by atoms with Crippen molar-refractivity contribution >= 4 is 35.0 Å². The summed E-state index contributed by atoms with van der Waals surface area (Å²) >= 11 is 2.53. The number of aliphatic carboxylic acids is 1. The summed E-state index contributed by atoms with van der Waals surface area (Å²) in [5.41, 5.74) is 0.721. The van der Waals surface area contributed by atoms with Crippen LogP contribution < -0.4 is 4.87 Å². The van der Waals surface area contributed by atoms with Gasteiger partial charge in [0.1, 0.15) is 12.6 Å². The van der Waals surface area contributed by atoms with Crippen LogP contribution in [-0.4, -0.2) is 43.6 Å². The molecule has 6 nitrogen and oxygen atoms in total. The van der Waals surface area contributed by atoms with Crippen LogP contribution in [0.25, 0.3) is 0 Å². The molecule has 1 N–H and O–H groups in total. The molecule has 8 heteroatoms. The van der Waals surface area contributed by atoms with Crippen LogP contribution in [0.1, 0.15) is 19.5 Å². The smallest absolute Gasteiger partial charge is 0.327 e. The van der Waals surface area contributed by atoms with E-state index in [0.717, 1.165) is 17.0 Å². The van der Waals surface area contributed by atoms with Gasteiger partial charge in [0.05, 0.1) is 5.37 Å². The highest BCUT2D eigenvalue weighted by molar-refractivity contribution is 8.00. The molecule has 1 saturated heterocycles. The molecule has 2 atom stereocenters. The first-order chi connectivity index (χ1) is 9.82. The minimum absolute atomic E-state index is 0.0955. The van der Waals surface area contributed by atoms with Gasteiger partial charge >= 0.3 is 10.8 Å². The number of hydrogen-bond donors (Lipinski definition) is 1. The lowest BCUT2D eigenvalue weighted by molar-refractivity contribution is -0.149. The van der Waals surface area contributed by atoms with Gasteiger partial charge in [0.15, 0.2) is 0 Å². The number of aryl methyl sites for hydroxylation is 1. The van der Waals surface area contributed by atoms with Crippen molar-refractivity contribution in [3.05, 3.63) is 20.7 Å². The number of thioether (sulfide) groups is 1. The van der Waals surface area contributed by atoms with E-state index < -0.39 is 12.0 Å². The van der Waals surface area contributed by atoms with E-state index in [9.17, 15) is 19.5 Å². The van der Waals surface area contributed by atoms with E-state index >= 15 is 0 Å². The normalized spacial score (nSPS) is 22.0. The van der Waals surface area contributed by atoms with E-state index in [-0.39, 0.29) is 28.6 Å². The maximum Gasteiger partial charge on any atom is 0.327 e. The zero-order chi connectivity index (χ0) is 15.7. The Hall–Kier alpha value is -1.28. The van der Waals surface area contributed by atoms with E-state index in [2.05, 4.69) is 0 Å². The Morgan fingerprint density at radius 1 is 1.48 bits per heavy atom. The van der Waals surface area contributed by atoms with Crippen molar-refractivity contribution in [2.24, 2.45) is 5.92 Å². The summed E-state index contributed by atoms with van der Waals surface area (Å²) in [5.74, 6) is -0.756. The Morgan fingerprint density at radius 3 is 2.62 bits per heavy atom. The average Bonchev–Trinajstić information content (AvgIpc) is 2.97. The molecule has 1 amide bonds. The second kappa shape index (κ2) is 6.23. The number of hydrogen-bond acceptors (Lipinski definition) is 5. The summed E-state index contributed by atoms with van der Waals surface area (Å²) in [4.78, 5) is 36.8. The molecule has 0 bridgehead atoms. The van der Waals surface area contributed by atoms with Gasteiger partial charge in [-0.2, -0.15) is 0 Å². The number of rotatable bonds is 4. The van der Waals surface area contributed by atoms with Crippen LogP contribution in [0.4, 0.5) is 0 Å². The second-order valence-corrected chi connectivity index (χ2v) is 7.32. The van der Waals surface area contributed by atoms with Crippen LogP contribution in [0, 0.1) is 12.8 Å². The van der Waals surface area contributed by atoms with Gasteiger partial charge in [0.2, 0.25) is 5.91 Å². The van der Waals surface area contributed by atoms with Gasteiger partial charge in [-0.15, -0.1) is 11.8 Å². The van der Waals surface area contributed by atoms with Crippen molar-refractivity contribution in [1.29, 1.82) is 0 Å². The van der Waals surface area contributed by atoms with E-state index in [1.54, 1.807) is 12.3 Å². The number of nitrogens with zero attached hydrogens (tertiary/aromatic N) is 2. The molecule has 1 aromatic rings. The highest BCUT2D eigenvalue weighted by atomic mass is 32.2. The number of carbonyl (C=O) groups is 2. The summed E-state index contributed by atoms with van der Waals surface area (Å²) in [5, 5.41) is 10.8. The Balaban J connectivity index is 2.25. The average molecular weight is 330 g/mol. The second-order valence-electron chi connectivity index (χ2n) is 5.35. The quantitative estimate of drug-likeness (QED) is 0.898. The van der Waals surface area contributed by atoms with Crippen LogP contribution in [0.5, 0.6) is 0 Å². The number of amides is 1. The Labute approximate surface area is 130 Å². The molecule has 116 valence electrons. The number of aromatic nitrogens is 1. The molecule has 21 heavy (non-hydrogen) atoms. The van der Waals surface area contributed by atoms with Crippen molar-refractivity contribution in [3.63, 3.8) is 0 Å². The third-order valence-corrected chi connectivity index (χ3v) is 5.95. The molecular formula is C13H18N2O4S2. The Morgan fingerprint density at radius 2 is 2.14 bits per heavy atom. The molecule has 1 aliphatic heterocycles. The molecule has 1 aromatic heterocycles. The SMILES string of the molecule is Cc1csc(=O)n1CC(=O)N1C(C(=O)O)CSC1C(C)C. The standard InChI is InChI=1S/C13H18N2O4S2/c1-7(2)11-15(9(6-20-11)12(17)18)10(16)4-14-8(3)5-21-13(14)19/h5,7,9,11H,4,6H2,1-3H3,(H,17,18). The lowest BCUT2D eigenvalue weighted by Crippen LogP contribution is -2.48. The fraction of sp³-hybridized carbons (Fsp3) is 0.615. The third kappa shape index (κ3) is 3.16. The van der Waals surface area contributed by atoms with Gasteiger partial charge in [-0.05, 0) is 12.8 Å². The van der Waals surface area contributed by atoms with Gasteiger partial charge in [-0.3, -0.25) is 14.2 Å². The Kier molecular flexibility index (Phi) is 4.77. The zero-order valence-electron chi connectivity index (χ0n) is 12.1. The number of thiazole rings is 1. The number of carbonyl (C=O) groups excluding carboxylic acids is 1. The number of carboxylic acid groups (broad SMARTS) is 1. The molecule has 0 radical (unpaired) electrons. The van der Waals surface area contributed by atoms with Gasteiger partial charge in [-0.1, -0.05) is 25.2 Å². The maximum atomic E-state index is 12.5. The van der Waals surface area contributed by atoms with E-state index in [4.69, 9.17) is 0 Å². The minimum Gasteiger partial charge on any atom is -0.480 e. The van der Waals surface area contributed by atoms with E-state index in [0.29, 0.717) is 5.75 Å². The highest BCUT2D eigenvalue weighted by Crippen LogP contribution is 2.34. The van der Waals surface area contributed by atoms with Crippen LogP contribution in [-0.2, 0) is 16.1 Å². The van der Waals surface area contributed by atoms with Gasteiger partial charge < -0.3 is 10.0 Å². The third-order valence-electron chi connectivity index (χ3n) is 3.45. The molecule has 0 aromatic carbocycles. The lowest BCUT2D eigenvalue weighted by atomic mass is 10.1. The summed E-state index contributed by atoms with van der Waals surface area (Å²) in [7, 11) is 0. The predicted molar refractivity (Wildman–Crippen MR) is 82.7 cm³/mol. The molecule has 1 fully saturated rings. The molecule has 2 rings (SSSR count). The fourth-order valence-corrected chi connectivity index (χ4v) is 4.59. The van der Waals surface area contributed by atoms with Gasteiger partial charge in [-0.25, -0.2) is 4.79 Å². The zero-order valence-corrected chi connectivity index (χ0v) is 13.7. The maximum absolute atomic E-state index is 12.5. The molecule has 0 spiro atoms. The molecule has 0 aliphatic carbocycles. The summed E-state index contributed by atoms with van der Waals surface area (Å²) in [6.45, 7) is 5.59. The predicted octanol–water partition coefficient (Wildman–Crippen LogP) is 1.23. The van der Waals surface area contributed by atoms with Crippen molar-refractivity contribution in [3.8, 4) is 0 Å². The van der Waals surface area contributed by atoms with Crippen LogP contribution in [0.15, 0.2) is 10.2 Å². The first-order valence-electron chi connectivity index (χ1n) is 6.63. The van der Waals surface area contributed by atoms with E-state index in [1.807, 2.05) is 13.8 Å². The molecular weight excluding hydrogens is 312 g/mol. The first kappa shape index (κ1) is 16.1. The largest absolute Gasteiger partial charge is 0.480 e. The van der Waals surface area contributed by atoms with E-state index in [1.165, 1.54) is 21.2 Å². The molecule has 0 saturated carbocycles. The van der Waals surface area contributed by atoms with Crippen LogP contribution in [0.3, 0.4) is 0 Å². The van der Waals surface area contributed by atoms with Gasteiger partial charge in [0.25, 0.3) is 0 Å². The molecule has 2 heterocycles. The van der Waals surface area contributed by atoms with Crippen molar-refractivity contribution < 1.29 is 14.7 Å². The summed E-state index contributed by atoms with van der Waals surface area (Å²) < 4.78 is 1.40. The highest BCUT2D eigenvalue weighted by Gasteiger charge is 2.42. The lowest BCUT2D eigenvalue weighted by Gasteiger charge is -2.29. The summed E-state index contributed by atoms with van der Waals surface area (Å²) in [6.07, 6.45) is 0. The van der Waals surface area contributed by atoms with Crippen LogP contribution in [0.2, 0.25) is 0 Å². The van der Waals surface area contributed by atoms with Crippen molar-refractivity contribution in [2.45, 2.75) is 38.7 Å². The molecule has 2 unspecified atom stereocenters. The monoisotopic (exact) mass is 330 g/mol. The summed E-state index contributed by atoms with van der Waals surface area (Å²) in [6, 6.07) is -0.815. The first-order valence-corrected chi connectivity index (χ1v) is 8.56. The van der Waals surface area contributed by atoms with Crippen molar-refractivity contribution in [2.75, 3.05) is 5.75 Å². The Bertz CT molecular complexity index is 608. The topological polar surface area (TPSA) is 79.6 Å². The number of carboxylic acids is 1.